The predicted molar refractivity (Wildman–Crippen MR) is 101 cm³/mol. The first-order valence-electron chi connectivity index (χ1n) is 9.30. The molecule has 4 rings (SSSR count). The van der Waals surface area contributed by atoms with Gasteiger partial charge >= 0.3 is 6.03 Å². The van der Waals surface area contributed by atoms with Gasteiger partial charge in [-0.1, -0.05) is 37.3 Å². The molecular weight excluding hydrogens is 342 g/mol. The van der Waals surface area contributed by atoms with Crippen molar-refractivity contribution in [3.8, 4) is 0 Å². The van der Waals surface area contributed by atoms with Gasteiger partial charge < -0.3 is 9.73 Å². The lowest BCUT2D eigenvalue weighted by molar-refractivity contribution is -0.130. The van der Waals surface area contributed by atoms with E-state index in [1.54, 1.807) is 6.92 Å². The molecule has 140 valence electrons. The minimum absolute atomic E-state index is 0.345. The normalized spacial score (nSPS) is 27.4. The Morgan fingerprint density at radius 1 is 1.26 bits per heavy atom. The number of benzene rings is 1. The number of rotatable bonds is 6. The number of hydrazone groups is 1. The van der Waals surface area contributed by atoms with Crippen LogP contribution in [0, 0.1) is 5.92 Å². The zero-order valence-corrected chi connectivity index (χ0v) is 15.5. The number of nitrogens with one attached hydrogen (secondary N) is 1. The number of furan rings is 1. The Hall–Kier alpha value is -2.89. The van der Waals surface area contributed by atoms with Gasteiger partial charge in [0, 0.05) is 5.92 Å². The van der Waals surface area contributed by atoms with Crippen LogP contribution in [0.3, 0.4) is 0 Å². The van der Waals surface area contributed by atoms with Gasteiger partial charge in [0.2, 0.25) is 0 Å². The molecule has 0 unspecified atom stereocenters. The summed E-state index contributed by atoms with van der Waals surface area (Å²) < 4.78 is 5.75. The van der Waals surface area contributed by atoms with Gasteiger partial charge in [0.1, 0.15) is 17.1 Å². The molecule has 1 saturated carbocycles. The van der Waals surface area contributed by atoms with Gasteiger partial charge in [-0.3, -0.25) is 4.79 Å². The number of urea groups is 1. The third-order valence-electron chi connectivity index (χ3n) is 5.42. The Morgan fingerprint density at radius 2 is 2.00 bits per heavy atom. The number of carbonyl (C=O) groups is 2. The molecule has 1 saturated heterocycles. The standard InChI is InChI=1S/C21H23N3O3/c1-14-12-17(14)18-9-8-16(27-18)13-22-24-19(25)21(2,23-20(24)26)11-10-15-6-4-3-5-7-15/h3-9,13-14,17H,10-12H2,1-2H3,(H,23,26)/b22-13-/t14-,17-,21+/m0/s1. The number of amides is 3. The van der Waals surface area contributed by atoms with E-state index in [0.717, 1.165) is 22.8 Å². The highest BCUT2D eigenvalue weighted by molar-refractivity contribution is 6.07. The maximum atomic E-state index is 12.7. The minimum Gasteiger partial charge on any atom is -0.460 e. The Morgan fingerprint density at radius 3 is 2.70 bits per heavy atom. The number of imide groups is 1. The maximum absolute atomic E-state index is 12.7. The van der Waals surface area contributed by atoms with E-state index in [4.69, 9.17) is 4.42 Å². The van der Waals surface area contributed by atoms with Gasteiger partial charge in [-0.05, 0) is 49.8 Å². The Labute approximate surface area is 158 Å². The molecule has 6 heteroatoms. The molecule has 3 atom stereocenters. The van der Waals surface area contributed by atoms with Crippen LogP contribution < -0.4 is 5.32 Å². The van der Waals surface area contributed by atoms with Crippen LogP contribution >= 0.6 is 0 Å². The molecule has 6 nitrogen and oxygen atoms in total. The second kappa shape index (κ2) is 6.68. The van der Waals surface area contributed by atoms with Crippen LogP contribution in [0.1, 0.15) is 49.7 Å². The summed E-state index contributed by atoms with van der Waals surface area (Å²) in [5.74, 6) is 2.26. The van der Waals surface area contributed by atoms with Crippen LogP contribution in [0.15, 0.2) is 52.0 Å². The van der Waals surface area contributed by atoms with Crippen molar-refractivity contribution in [3.05, 3.63) is 59.5 Å². The van der Waals surface area contributed by atoms with Crippen LogP contribution in [0.5, 0.6) is 0 Å². The van der Waals surface area contributed by atoms with Crippen LogP contribution in [0.2, 0.25) is 0 Å². The van der Waals surface area contributed by atoms with Crippen molar-refractivity contribution in [1.82, 2.24) is 10.3 Å². The smallest absolute Gasteiger partial charge is 0.346 e. The highest BCUT2D eigenvalue weighted by Gasteiger charge is 2.47. The third-order valence-corrected chi connectivity index (χ3v) is 5.42. The first-order chi connectivity index (χ1) is 13.0. The van der Waals surface area contributed by atoms with E-state index in [1.807, 2.05) is 42.5 Å². The zero-order chi connectivity index (χ0) is 19.0. The molecule has 0 bridgehead atoms. The molecule has 1 aromatic carbocycles. The monoisotopic (exact) mass is 365 g/mol. The van der Waals surface area contributed by atoms with E-state index in [0.29, 0.717) is 30.4 Å². The second-order valence-electron chi connectivity index (χ2n) is 7.67. The first-order valence-corrected chi connectivity index (χ1v) is 9.30. The molecular formula is C21H23N3O3. The first kappa shape index (κ1) is 17.5. The lowest BCUT2D eigenvalue weighted by Gasteiger charge is -2.20. The summed E-state index contributed by atoms with van der Waals surface area (Å²) >= 11 is 0. The highest BCUT2D eigenvalue weighted by Crippen LogP contribution is 2.47. The molecule has 3 amide bonds. The second-order valence-corrected chi connectivity index (χ2v) is 7.67. The molecule has 2 heterocycles. The topological polar surface area (TPSA) is 74.9 Å². The molecule has 1 aromatic heterocycles. The van der Waals surface area contributed by atoms with Crippen molar-refractivity contribution in [2.45, 2.75) is 44.6 Å². The predicted octanol–water partition coefficient (Wildman–Crippen LogP) is 3.68. The average molecular weight is 365 g/mol. The zero-order valence-electron chi connectivity index (χ0n) is 15.5. The summed E-state index contributed by atoms with van der Waals surface area (Å²) in [6.45, 7) is 3.93. The molecule has 0 radical (unpaired) electrons. The summed E-state index contributed by atoms with van der Waals surface area (Å²) in [4.78, 5) is 25.0. The van der Waals surface area contributed by atoms with Gasteiger partial charge in [0.25, 0.3) is 5.91 Å². The summed E-state index contributed by atoms with van der Waals surface area (Å²) in [6, 6.07) is 13.1. The fourth-order valence-corrected chi connectivity index (χ4v) is 3.45. The quantitative estimate of drug-likeness (QED) is 0.627. The maximum Gasteiger partial charge on any atom is 0.346 e. The van der Waals surface area contributed by atoms with Gasteiger partial charge in [-0.15, -0.1) is 5.01 Å². The molecule has 2 fully saturated rings. The van der Waals surface area contributed by atoms with E-state index < -0.39 is 11.6 Å². The van der Waals surface area contributed by atoms with E-state index in [1.165, 1.54) is 6.21 Å². The van der Waals surface area contributed by atoms with E-state index in [9.17, 15) is 9.59 Å². The Kier molecular flexibility index (Phi) is 4.34. The van der Waals surface area contributed by atoms with Gasteiger partial charge in [0.05, 0.1) is 6.21 Å². The van der Waals surface area contributed by atoms with Gasteiger partial charge in [-0.2, -0.15) is 5.10 Å². The van der Waals surface area contributed by atoms with Crippen molar-refractivity contribution in [1.29, 1.82) is 0 Å². The number of hydrogen-bond donors (Lipinski definition) is 1. The van der Waals surface area contributed by atoms with Crippen LogP contribution in [-0.2, 0) is 11.2 Å². The lowest BCUT2D eigenvalue weighted by atomic mass is 9.93. The molecule has 0 spiro atoms. The molecule has 1 aliphatic heterocycles. The van der Waals surface area contributed by atoms with E-state index >= 15 is 0 Å². The SMILES string of the molecule is C[C@H]1C[C@@H]1c1ccc(/C=N\N2C(=O)N[C@](C)(CCc3ccccc3)C2=O)o1. The Balaban J connectivity index is 1.42. The van der Waals surface area contributed by atoms with Crippen LogP contribution in [0.4, 0.5) is 4.79 Å². The average Bonchev–Trinajstić information content (AvgIpc) is 3.12. The number of carbonyl (C=O) groups excluding carboxylic acids is 2. The third kappa shape index (κ3) is 3.52. The number of hydrogen-bond acceptors (Lipinski definition) is 4. The van der Waals surface area contributed by atoms with Crippen molar-refractivity contribution >= 4 is 18.2 Å². The highest BCUT2D eigenvalue weighted by atomic mass is 16.3. The summed E-state index contributed by atoms with van der Waals surface area (Å²) in [6.07, 6.45) is 3.77. The van der Waals surface area contributed by atoms with Gasteiger partial charge in [-0.25, -0.2) is 4.79 Å². The summed E-state index contributed by atoms with van der Waals surface area (Å²) in [5, 5.41) is 7.74. The fraction of sp³-hybridized carbons (Fsp3) is 0.381. The molecule has 1 aliphatic carbocycles. The summed E-state index contributed by atoms with van der Waals surface area (Å²) in [5.41, 5.74) is 0.169. The van der Waals surface area contributed by atoms with Crippen LogP contribution in [-0.4, -0.2) is 28.7 Å². The van der Waals surface area contributed by atoms with Crippen molar-refractivity contribution in [2.75, 3.05) is 0 Å². The largest absolute Gasteiger partial charge is 0.460 e. The van der Waals surface area contributed by atoms with Gasteiger partial charge in [0.15, 0.2) is 0 Å². The number of aryl methyl sites for hydroxylation is 1. The summed E-state index contributed by atoms with van der Waals surface area (Å²) in [7, 11) is 0. The van der Waals surface area contributed by atoms with Crippen molar-refractivity contribution < 1.29 is 14.0 Å². The fourth-order valence-electron chi connectivity index (χ4n) is 3.45. The molecule has 2 aliphatic rings. The molecule has 1 N–H and O–H groups in total. The number of nitrogens with zero attached hydrogens (tertiary/aromatic N) is 2. The van der Waals surface area contributed by atoms with E-state index in [-0.39, 0.29) is 5.91 Å². The molecule has 2 aromatic rings. The Bertz CT molecular complexity index is 889. The minimum atomic E-state index is -0.956. The van der Waals surface area contributed by atoms with Crippen LogP contribution in [0.25, 0.3) is 0 Å². The molecule has 27 heavy (non-hydrogen) atoms. The lowest BCUT2D eigenvalue weighted by Crippen LogP contribution is -2.44. The van der Waals surface area contributed by atoms with Crippen molar-refractivity contribution in [2.24, 2.45) is 11.0 Å². The van der Waals surface area contributed by atoms with E-state index in [2.05, 4.69) is 17.3 Å². The van der Waals surface area contributed by atoms with Crippen molar-refractivity contribution in [3.63, 3.8) is 0 Å².